The summed E-state index contributed by atoms with van der Waals surface area (Å²) < 4.78 is 11.0. The second kappa shape index (κ2) is 4.77. The molecule has 0 saturated heterocycles. The Labute approximate surface area is 111 Å². The highest BCUT2D eigenvalue weighted by Gasteiger charge is 2.29. The number of hydrogen-bond acceptors (Lipinski definition) is 3. The average Bonchev–Trinajstić information content (AvgIpc) is 2.82. The van der Waals surface area contributed by atoms with Gasteiger partial charge in [0.05, 0.1) is 13.2 Å². The summed E-state index contributed by atoms with van der Waals surface area (Å²) in [6.07, 6.45) is 0. The molecule has 2 aromatic carbocycles. The third kappa shape index (κ3) is 2.08. The third-order valence-electron chi connectivity index (χ3n) is 3.03. The quantitative estimate of drug-likeness (QED) is 0.657. The highest BCUT2D eigenvalue weighted by molar-refractivity contribution is 6.61. The van der Waals surface area contributed by atoms with Crippen molar-refractivity contribution in [3.8, 4) is 11.5 Å². The van der Waals surface area contributed by atoms with Crippen molar-refractivity contribution in [3.63, 3.8) is 0 Å². The third-order valence-corrected chi connectivity index (χ3v) is 3.03. The van der Waals surface area contributed by atoms with E-state index in [4.69, 9.17) is 16.0 Å². The minimum atomic E-state index is -0.894. The number of rotatable bonds is 2. The number of benzene rings is 2. The Morgan fingerprint density at radius 1 is 1.16 bits per heavy atom. The minimum absolute atomic E-state index is 0.312. The van der Waals surface area contributed by atoms with Crippen LogP contribution in [0.25, 0.3) is 4.85 Å². The van der Waals surface area contributed by atoms with Crippen LogP contribution >= 0.6 is 0 Å². The van der Waals surface area contributed by atoms with Crippen LogP contribution in [0.1, 0.15) is 5.56 Å². The van der Waals surface area contributed by atoms with Crippen molar-refractivity contribution < 1.29 is 14.4 Å². The molecule has 0 atom stereocenters. The van der Waals surface area contributed by atoms with Crippen LogP contribution in [0.2, 0.25) is 0 Å². The highest BCUT2D eigenvalue weighted by Crippen LogP contribution is 2.33. The molecule has 0 radical (unpaired) electrons. The van der Waals surface area contributed by atoms with E-state index >= 15 is 0 Å². The van der Waals surface area contributed by atoms with Crippen molar-refractivity contribution in [2.75, 3.05) is 0 Å². The maximum Gasteiger partial charge on any atom is 0.491 e. The Morgan fingerprint density at radius 2 is 1.95 bits per heavy atom. The molecule has 0 spiro atoms. The fourth-order valence-electron chi connectivity index (χ4n) is 2.07. The van der Waals surface area contributed by atoms with E-state index in [1.807, 2.05) is 6.07 Å². The molecule has 92 valence electrons. The van der Waals surface area contributed by atoms with Gasteiger partial charge >= 0.3 is 7.12 Å². The maximum atomic E-state index is 9.65. The maximum absolute atomic E-state index is 9.65. The molecule has 1 aliphatic rings. The van der Waals surface area contributed by atoms with Crippen LogP contribution in [0, 0.1) is 6.57 Å². The van der Waals surface area contributed by atoms with Crippen LogP contribution in [0.4, 0.5) is 5.69 Å². The highest BCUT2D eigenvalue weighted by atomic mass is 16.5. The molecular weight excluding hydrogens is 241 g/mol. The SMILES string of the molecule is [C-]#[N+]c1ccccc1Oc1cccc2c1COB2O. The van der Waals surface area contributed by atoms with Crippen molar-refractivity contribution in [1.29, 1.82) is 0 Å². The van der Waals surface area contributed by atoms with Gasteiger partial charge in [-0.25, -0.2) is 4.85 Å². The summed E-state index contributed by atoms with van der Waals surface area (Å²) in [4.78, 5) is 3.42. The number of nitrogens with zero attached hydrogens (tertiary/aromatic N) is 1. The minimum Gasteiger partial charge on any atom is -0.468 e. The standard InChI is InChI=1S/C14H10BNO3/c1-16-12-6-2-3-7-14(12)19-13-8-4-5-11-10(13)9-18-15(11)17/h2-8,17H,9H2. The fraction of sp³-hybridized carbons (Fsp3) is 0.0714. The molecular formula is C14H10BNO3. The molecule has 0 amide bonds. The predicted octanol–water partition coefficient (Wildman–Crippen LogP) is 2.25. The lowest BCUT2D eigenvalue weighted by Gasteiger charge is -2.10. The van der Waals surface area contributed by atoms with Gasteiger partial charge in [-0.3, -0.25) is 0 Å². The second-order valence-corrected chi connectivity index (χ2v) is 4.17. The van der Waals surface area contributed by atoms with Crippen LogP contribution in [-0.4, -0.2) is 12.1 Å². The first-order valence-electron chi connectivity index (χ1n) is 5.85. The molecule has 0 aromatic heterocycles. The summed E-state index contributed by atoms with van der Waals surface area (Å²) in [6.45, 7) is 7.43. The topological polar surface area (TPSA) is 43.0 Å². The van der Waals surface area contributed by atoms with E-state index in [1.165, 1.54) is 0 Å². The van der Waals surface area contributed by atoms with Crippen molar-refractivity contribution in [1.82, 2.24) is 0 Å². The molecule has 3 rings (SSSR count). The van der Waals surface area contributed by atoms with Gasteiger partial charge in [0.15, 0.2) is 0 Å². The monoisotopic (exact) mass is 251 g/mol. The van der Waals surface area contributed by atoms with Crippen molar-refractivity contribution in [3.05, 3.63) is 59.4 Å². The Balaban J connectivity index is 1.99. The first-order chi connectivity index (χ1) is 9.29. The summed E-state index contributed by atoms with van der Waals surface area (Å²) in [6, 6.07) is 12.5. The van der Waals surface area contributed by atoms with Crippen LogP contribution in [0.5, 0.6) is 11.5 Å². The van der Waals surface area contributed by atoms with Gasteiger partial charge in [0.1, 0.15) is 11.5 Å². The van der Waals surface area contributed by atoms with E-state index < -0.39 is 7.12 Å². The van der Waals surface area contributed by atoms with Gasteiger partial charge in [-0.15, -0.1) is 0 Å². The number of para-hydroxylation sites is 2. The number of ether oxygens (including phenoxy) is 1. The van der Waals surface area contributed by atoms with Gasteiger partial charge in [-0.05, 0) is 17.6 Å². The lowest BCUT2D eigenvalue weighted by molar-refractivity contribution is 0.272. The van der Waals surface area contributed by atoms with Gasteiger partial charge in [0, 0.05) is 5.56 Å². The van der Waals surface area contributed by atoms with Crippen molar-refractivity contribution in [2.24, 2.45) is 0 Å². The zero-order valence-corrected chi connectivity index (χ0v) is 10.0. The van der Waals surface area contributed by atoms with Crippen LogP contribution in [-0.2, 0) is 11.3 Å². The van der Waals surface area contributed by atoms with Gasteiger partial charge in [-0.2, -0.15) is 0 Å². The Morgan fingerprint density at radius 3 is 2.79 bits per heavy atom. The molecule has 0 bridgehead atoms. The van der Waals surface area contributed by atoms with E-state index in [2.05, 4.69) is 4.85 Å². The molecule has 19 heavy (non-hydrogen) atoms. The lowest BCUT2D eigenvalue weighted by Crippen LogP contribution is -2.27. The molecule has 5 heteroatoms. The molecule has 1 N–H and O–H groups in total. The van der Waals surface area contributed by atoms with Gasteiger partial charge < -0.3 is 14.4 Å². The fourth-order valence-corrected chi connectivity index (χ4v) is 2.07. The zero-order chi connectivity index (χ0) is 13.2. The van der Waals surface area contributed by atoms with Gasteiger partial charge in [0.2, 0.25) is 5.69 Å². The van der Waals surface area contributed by atoms with E-state index in [0.717, 1.165) is 11.0 Å². The molecule has 0 saturated carbocycles. The summed E-state index contributed by atoms with van der Waals surface area (Å²) in [7, 11) is -0.894. The second-order valence-electron chi connectivity index (χ2n) is 4.17. The number of hydrogen-bond donors (Lipinski definition) is 1. The average molecular weight is 251 g/mol. The number of fused-ring (bicyclic) bond motifs is 1. The first-order valence-corrected chi connectivity index (χ1v) is 5.85. The van der Waals surface area contributed by atoms with E-state index in [0.29, 0.717) is 23.8 Å². The first kappa shape index (κ1) is 11.8. The zero-order valence-electron chi connectivity index (χ0n) is 10.0. The molecule has 0 fully saturated rings. The molecule has 1 aliphatic heterocycles. The summed E-state index contributed by atoms with van der Waals surface area (Å²) in [5, 5.41) is 9.65. The lowest BCUT2D eigenvalue weighted by atomic mass is 9.79. The van der Waals surface area contributed by atoms with Crippen LogP contribution in [0.15, 0.2) is 42.5 Å². The van der Waals surface area contributed by atoms with E-state index in [-0.39, 0.29) is 0 Å². The van der Waals surface area contributed by atoms with Crippen LogP contribution in [0.3, 0.4) is 0 Å². The van der Waals surface area contributed by atoms with E-state index in [9.17, 15) is 5.02 Å². The summed E-state index contributed by atoms with van der Waals surface area (Å²) >= 11 is 0. The smallest absolute Gasteiger partial charge is 0.468 e. The van der Waals surface area contributed by atoms with Gasteiger partial charge in [0.25, 0.3) is 0 Å². The molecule has 1 heterocycles. The van der Waals surface area contributed by atoms with Crippen molar-refractivity contribution >= 4 is 18.3 Å². The Kier molecular flexibility index (Phi) is 2.96. The largest absolute Gasteiger partial charge is 0.491 e. The molecule has 0 unspecified atom stereocenters. The van der Waals surface area contributed by atoms with E-state index in [1.54, 1.807) is 36.4 Å². The van der Waals surface area contributed by atoms with Crippen LogP contribution < -0.4 is 10.2 Å². The van der Waals surface area contributed by atoms with Crippen molar-refractivity contribution in [2.45, 2.75) is 6.61 Å². The predicted molar refractivity (Wildman–Crippen MR) is 71.6 cm³/mol. The van der Waals surface area contributed by atoms with Gasteiger partial charge in [-0.1, -0.05) is 30.3 Å². The Bertz CT molecular complexity index is 666. The Hall–Kier alpha value is -2.29. The molecule has 4 nitrogen and oxygen atoms in total. The normalized spacial score (nSPS) is 12.9. The summed E-state index contributed by atoms with van der Waals surface area (Å²) in [5.41, 5.74) is 2.01. The summed E-state index contributed by atoms with van der Waals surface area (Å²) in [5.74, 6) is 1.12. The molecule has 0 aliphatic carbocycles. The molecule has 2 aromatic rings.